The average Bonchev–Trinajstić information content (AvgIpc) is 3.37. The van der Waals surface area contributed by atoms with Crippen LogP contribution in [0.5, 0.6) is 11.5 Å². The molecule has 38 heavy (non-hydrogen) atoms. The molecule has 1 aliphatic rings. The second-order valence-electron chi connectivity index (χ2n) is 9.87. The number of rotatable bonds is 12. The summed E-state index contributed by atoms with van der Waals surface area (Å²) < 4.78 is 23.6. The van der Waals surface area contributed by atoms with Crippen LogP contribution >= 0.6 is 11.3 Å². The number of thiophene rings is 1. The van der Waals surface area contributed by atoms with E-state index < -0.39 is 5.82 Å². The maximum atomic E-state index is 14.9. The highest BCUT2D eigenvalue weighted by Crippen LogP contribution is 2.39. The van der Waals surface area contributed by atoms with Crippen molar-refractivity contribution in [2.45, 2.75) is 52.5 Å². The minimum Gasteiger partial charge on any atom is -0.453 e. The van der Waals surface area contributed by atoms with Crippen LogP contribution in [0.4, 0.5) is 4.39 Å². The van der Waals surface area contributed by atoms with Crippen molar-refractivity contribution in [3.63, 3.8) is 0 Å². The summed E-state index contributed by atoms with van der Waals surface area (Å²) in [7, 11) is 0. The number of Topliss-reactive ketones (excluding diaryl/α,β-unsaturated/α-hetero) is 1. The van der Waals surface area contributed by atoms with E-state index in [1.54, 1.807) is 37.6 Å². The summed E-state index contributed by atoms with van der Waals surface area (Å²) in [5.41, 5.74) is 2.20. The predicted octanol–water partition coefficient (Wildman–Crippen LogP) is 6.26. The van der Waals surface area contributed by atoms with Crippen LogP contribution in [-0.2, 0) is 22.6 Å². The molecule has 0 saturated heterocycles. The molecule has 9 heteroatoms. The van der Waals surface area contributed by atoms with Crippen molar-refractivity contribution in [2.75, 3.05) is 13.1 Å². The maximum absolute atomic E-state index is 14.9. The molecule has 0 aliphatic heterocycles. The lowest BCUT2D eigenvalue weighted by Gasteiger charge is -2.20. The van der Waals surface area contributed by atoms with Gasteiger partial charge < -0.3 is 14.2 Å². The van der Waals surface area contributed by atoms with Crippen molar-refractivity contribution in [3.8, 4) is 22.1 Å². The molecule has 0 atom stereocenters. The molecule has 0 radical (unpaired) electrons. The number of hydrogen-bond acceptors (Lipinski definition) is 6. The first-order chi connectivity index (χ1) is 18.4. The zero-order valence-corrected chi connectivity index (χ0v) is 22.5. The average molecular weight is 535 g/mol. The van der Waals surface area contributed by atoms with Gasteiger partial charge in [0.2, 0.25) is 5.91 Å². The molecule has 3 heterocycles. The minimum absolute atomic E-state index is 0.0726. The smallest absolute Gasteiger partial charge is 0.219 e. The molecule has 1 fully saturated rings. The van der Waals surface area contributed by atoms with Crippen LogP contribution in [0, 0.1) is 11.7 Å². The van der Waals surface area contributed by atoms with E-state index in [0.717, 1.165) is 46.6 Å². The number of fused-ring (bicyclic) bond motifs is 1. The zero-order valence-electron chi connectivity index (χ0n) is 21.7. The summed E-state index contributed by atoms with van der Waals surface area (Å²) in [6.07, 6.45) is 9.36. The normalized spacial score (nSPS) is 13.1. The van der Waals surface area contributed by atoms with E-state index in [1.165, 1.54) is 17.4 Å². The van der Waals surface area contributed by atoms with E-state index in [-0.39, 0.29) is 23.9 Å². The van der Waals surface area contributed by atoms with E-state index in [2.05, 4.69) is 16.9 Å². The Kier molecular flexibility index (Phi) is 7.83. The van der Waals surface area contributed by atoms with Crippen LogP contribution in [0.2, 0.25) is 0 Å². The van der Waals surface area contributed by atoms with Crippen molar-refractivity contribution >= 4 is 33.2 Å². The monoisotopic (exact) mass is 534 g/mol. The van der Waals surface area contributed by atoms with Gasteiger partial charge in [0.15, 0.2) is 11.6 Å². The quantitative estimate of drug-likeness (QED) is 0.214. The molecule has 198 valence electrons. The molecule has 0 bridgehead atoms. The maximum Gasteiger partial charge on any atom is 0.219 e. The summed E-state index contributed by atoms with van der Waals surface area (Å²) in [6.45, 7) is 5.68. The molecule has 0 unspecified atom stereocenters. The summed E-state index contributed by atoms with van der Waals surface area (Å²) >= 11 is 1.48. The number of hydrogen-bond donors (Lipinski definition) is 0. The number of imidazole rings is 1. The van der Waals surface area contributed by atoms with Crippen molar-refractivity contribution in [2.24, 2.45) is 5.92 Å². The van der Waals surface area contributed by atoms with Gasteiger partial charge in [-0.05, 0) is 48.9 Å². The first-order valence-corrected chi connectivity index (χ1v) is 13.9. The van der Waals surface area contributed by atoms with Gasteiger partial charge in [0.25, 0.3) is 0 Å². The van der Waals surface area contributed by atoms with E-state index in [0.29, 0.717) is 36.7 Å². The van der Waals surface area contributed by atoms with Gasteiger partial charge in [0, 0.05) is 57.9 Å². The molecular weight excluding hydrogens is 503 g/mol. The fourth-order valence-corrected chi connectivity index (χ4v) is 5.49. The van der Waals surface area contributed by atoms with E-state index in [4.69, 9.17) is 4.74 Å². The predicted molar refractivity (Wildman–Crippen MR) is 146 cm³/mol. The van der Waals surface area contributed by atoms with Crippen LogP contribution in [0.15, 0.2) is 49.1 Å². The third-order valence-electron chi connectivity index (χ3n) is 6.66. The van der Waals surface area contributed by atoms with Crippen molar-refractivity contribution in [1.82, 2.24) is 19.4 Å². The molecule has 0 N–H and O–H groups in total. The van der Waals surface area contributed by atoms with Gasteiger partial charge in [-0.1, -0.05) is 13.0 Å². The van der Waals surface area contributed by atoms with Gasteiger partial charge in [-0.3, -0.25) is 14.6 Å². The first kappa shape index (κ1) is 26.0. The lowest BCUT2D eigenvalue weighted by atomic mass is 10.0. The highest BCUT2D eigenvalue weighted by Gasteiger charge is 2.24. The Labute approximate surface area is 225 Å². The molecule has 4 aromatic rings. The molecule has 5 rings (SSSR count). The van der Waals surface area contributed by atoms with Crippen LogP contribution in [-0.4, -0.2) is 44.2 Å². The number of ether oxygens (including phenoxy) is 1. The lowest BCUT2D eigenvalue weighted by molar-refractivity contribution is -0.129. The van der Waals surface area contributed by atoms with E-state index in [1.807, 2.05) is 21.7 Å². The molecule has 1 aromatic carbocycles. The van der Waals surface area contributed by atoms with Crippen LogP contribution in [0.25, 0.3) is 20.8 Å². The number of carbonyl (C=O) groups excluding carboxylic acids is 2. The Bertz CT molecular complexity index is 1460. The Hall–Kier alpha value is -3.59. The Morgan fingerprint density at radius 1 is 1.16 bits per heavy atom. The minimum atomic E-state index is -0.495. The molecule has 3 aromatic heterocycles. The SMILES string of the molecule is CCCN(CCn1cnc(-c2cc3nccc(Oc4ccc(CC(=O)CC5CC5)cc4F)c3s2)c1)C(C)=O. The molecule has 1 saturated carbocycles. The van der Waals surface area contributed by atoms with Gasteiger partial charge in [-0.15, -0.1) is 11.3 Å². The fraction of sp³-hybridized carbons (Fsp3) is 0.379. The van der Waals surface area contributed by atoms with Crippen molar-refractivity contribution in [1.29, 1.82) is 0 Å². The van der Waals surface area contributed by atoms with E-state index in [9.17, 15) is 14.0 Å². The number of ketones is 1. The van der Waals surface area contributed by atoms with Gasteiger partial charge >= 0.3 is 0 Å². The van der Waals surface area contributed by atoms with Gasteiger partial charge in [0.1, 0.15) is 11.5 Å². The van der Waals surface area contributed by atoms with E-state index >= 15 is 0 Å². The second-order valence-corrected chi connectivity index (χ2v) is 10.9. The van der Waals surface area contributed by atoms with Crippen LogP contribution in [0.3, 0.4) is 0 Å². The summed E-state index contributed by atoms with van der Waals surface area (Å²) in [4.78, 5) is 35.7. The Morgan fingerprint density at radius 3 is 2.74 bits per heavy atom. The molecule has 1 amide bonds. The summed E-state index contributed by atoms with van der Waals surface area (Å²) in [6, 6.07) is 8.39. The Morgan fingerprint density at radius 2 is 2.00 bits per heavy atom. The van der Waals surface area contributed by atoms with Gasteiger partial charge in [-0.25, -0.2) is 9.37 Å². The second kappa shape index (κ2) is 11.4. The molecule has 0 spiro atoms. The number of carbonyl (C=O) groups is 2. The third kappa shape index (κ3) is 6.27. The number of halogens is 1. The molecule has 7 nitrogen and oxygen atoms in total. The fourth-order valence-electron chi connectivity index (χ4n) is 4.46. The standard InChI is InChI=1S/C29H31FN4O3S/c1-3-10-34(19(2)35)12-11-33-17-25(32-18-33)28-16-24-29(38-28)27(8-9-31-24)37-26-7-6-21(15-23(26)30)14-22(36)13-20-4-5-20/h6-9,15-18,20H,3-5,10-14H2,1-2H3. The topological polar surface area (TPSA) is 77.3 Å². The Balaban J connectivity index is 1.29. The largest absolute Gasteiger partial charge is 0.453 e. The highest BCUT2D eigenvalue weighted by atomic mass is 32.1. The lowest BCUT2D eigenvalue weighted by Crippen LogP contribution is -2.32. The highest BCUT2D eigenvalue weighted by molar-refractivity contribution is 7.22. The first-order valence-electron chi connectivity index (χ1n) is 13.0. The van der Waals surface area contributed by atoms with Crippen LogP contribution < -0.4 is 4.74 Å². The number of pyridine rings is 1. The number of nitrogens with zero attached hydrogens (tertiary/aromatic N) is 4. The number of amides is 1. The van der Waals surface area contributed by atoms with Crippen LogP contribution in [0.1, 0.15) is 45.1 Å². The summed E-state index contributed by atoms with van der Waals surface area (Å²) in [5.74, 6) is 0.878. The van der Waals surface area contributed by atoms with Crippen molar-refractivity contribution in [3.05, 3.63) is 60.4 Å². The van der Waals surface area contributed by atoms with Crippen molar-refractivity contribution < 1.29 is 18.7 Å². The van der Waals surface area contributed by atoms with Gasteiger partial charge in [-0.2, -0.15) is 0 Å². The molecule has 1 aliphatic carbocycles. The zero-order chi connectivity index (χ0) is 26.6. The number of benzene rings is 1. The summed E-state index contributed by atoms with van der Waals surface area (Å²) in [5, 5.41) is 0. The third-order valence-corrected chi connectivity index (χ3v) is 7.82. The molecular formula is C29H31FN4O3S. The van der Waals surface area contributed by atoms with Gasteiger partial charge in [0.05, 0.1) is 27.1 Å². The number of aromatic nitrogens is 3.